The highest BCUT2D eigenvalue weighted by Gasteiger charge is 1.96. The third-order valence-corrected chi connectivity index (χ3v) is 2.11. The lowest BCUT2D eigenvalue weighted by Gasteiger charge is -1.99. The Labute approximate surface area is 93.3 Å². The molecule has 0 radical (unpaired) electrons. The largest absolute Gasteiger partial charge is 0.236 e. The fourth-order valence-corrected chi connectivity index (χ4v) is 1.39. The summed E-state index contributed by atoms with van der Waals surface area (Å²) in [5, 5.41) is 2.29. The van der Waals surface area contributed by atoms with Gasteiger partial charge in [0.15, 0.2) is 5.82 Å². The Morgan fingerprint density at radius 3 is 2.40 bits per heavy atom. The molecule has 0 fully saturated rings. The lowest BCUT2D eigenvalue weighted by atomic mass is 10.1. The molecule has 1 aromatic carbocycles. The average Bonchev–Trinajstić information content (AvgIpc) is 2.32. The molecule has 2 aromatic rings. The van der Waals surface area contributed by atoms with E-state index in [4.69, 9.17) is 0 Å². The second kappa shape index (κ2) is 4.60. The summed E-state index contributed by atoms with van der Waals surface area (Å²) in [6.45, 7) is 0. The summed E-state index contributed by atoms with van der Waals surface area (Å²) < 4.78 is 0. The van der Waals surface area contributed by atoms with E-state index in [0.717, 1.165) is 11.1 Å². The molecule has 72 valence electrons. The fraction of sp³-hybridized carbons (Fsp3) is 0. The number of hydrogen-bond acceptors (Lipinski definition) is 3. The van der Waals surface area contributed by atoms with Crippen LogP contribution in [-0.4, -0.2) is 10.1 Å². The standard InChI is InChI=1S/C12H8N2S/c15-9-14-12-7-6-11(8-13-12)10-4-2-1-3-5-10/h1-8H. The van der Waals surface area contributed by atoms with Gasteiger partial charge >= 0.3 is 0 Å². The molecular formula is C12H8N2S. The molecule has 0 saturated heterocycles. The summed E-state index contributed by atoms with van der Waals surface area (Å²) in [7, 11) is 0. The molecule has 2 nitrogen and oxygen atoms in total. The zero-order chi connectivity index (χ0) is 10.5. The Hall–Kier alpha value is -1.83. The molecule has 0 aliphatic carbocycles. The molecule has 0 saturated carbocycles. The van der Waals surface area contributed by atoms with Crippen LogP contribution in [0.4, 0.5) is 5.82 Å². The molecule has 0 unspecified atom stereocenters. The van der Waals surface area contributed by atoms with Crippen molar-refractivity contribution in [3.05, 3.63) is 48.7 Å². The lowest BCUT2D eigenvalue weighted by molar-refractivity contribution is 1.28. The van der Waals surface area contributed by atoms with Crippen molar-refractivity contribution in [3.63, 3.8) is 0 Å². The molecule has 3 heteroatoms. The molecular weight excluding hydrogens is 204 g/mol. The fourth-order valence-electron chi connectivity index (χ4n) is 1.30. The number of thiocarbonyl (C=S) groups is 1. The molecule has 0 aliphatic heterocycles. The Morgan fingerprint density at radius 1 is 1.00 bits per heavy atom. The van der Waals surface area contributed by atoms with Crippen molar-refractivity contribution in [2.75, 3.05) is 0 Å². The molecule has 0 bridgehead atoms. The molecule has 0 amide bonds. The van der Waals surface area contributed by atoms with Gasteiger partial charge in [0.05, 0.1) is 5.16 Å². The van der Waals surface area contributed by atoms with Gasteiger partial charge < -0.3 is 0 Å². The van der Waals surface area contributed by atoms with Crippen LogP contribution in [0.25, 0.3) is 11.1 Å². The van der Waals surface area contributed by atoms with Crippen molar-refractivity contribution < 1.29 is 0 Å². The molecule has 15 heavy (non-hydrogen) atoms. The molecule has 1 heterocycles. The van der Waals surface area contributed by atoms with Gasteiger partial charge in [-0.25, -0.2) is 4.98 Å². The van der Waals surface area contributed by atoms with Gasteiger partial charge in [0.1, 0.15) is 0 Å². The van der Waals surface area contributed by atoms with Gasteiger partial charge in [-0.3, -0.25) is 0 Å². The first kappa shape index (κ1) is 9.71. The van der Waals surface area contributed by atoms with Crippen LogP contribution in [0.1, 0.15) is 0 Å². The Bertz CT molecular complexity index is 485. The van der Waals surface area contributed by atoms with Gasteiger partial charge in [-0.15, -0.1) is 0 Å². The van der Waals surface area contributed by atoms with Gasteiger partial charge in [0, 0.05) is 11.8 Å². The van der Waals surface area contributed by atoms with Crippen LogP contribution in [-0.2, 0) is 0 Å². The number of nitrogens with zero attached hydrogens (tertiary/aromatic N) is 2. The van der Waals surface area contributed by atoms with Crippen LogP contribution in [0, 0.1) is 0 Å². The summed E-state index contributed by atoms with van der Waals surface area (Å²) >= 11 is 4.50. The first-order chi connectivity index (χ1) is 7.40. The molecule has 0 N–H and O–H groups in total. The molecule has 0 spiro atoms. The second-order valence-electron chi connectivity index (χ2n) is 2.97. The van der Waals surface area contributed by atoms with Crippen LogP contribution < -0.4 is 0 Å². The summed E-state index contributed by atoms with van der Waals surface area (Å²) in [5.41, 5.74) is 2.21. The molecule has 0 atom stereocenters. The van der Waals surface area contributed by atoms with E-state index in [0.29, 0.717) is 5.82 Å². The monoisotopic (exact) mass is 212 g/mol. The summed E-state index contributed by atoms with van der Waals surface area (Å²) in [6.07, 6.45) is 1.78. The Morgan fingerprint density at radius 2 is 1.80 bits per heavy atom. The number of rotatable bonds is 2. The smallest absolute Gasteiger partial charge is 0.162 e. The van der Waals surface area contributed by atoms with E-state index in [1.807, 2.05) is 42.5 Å². The topological polar surface area (TPSA) is 25.2 Å². The van der Waals surface area contributed by atoms with Crippen LogP contribution in [0.5, 0.6) is 0 Å². The van der Waals surface area contributed by atoms with E-state index in [2.05, 4.69) is 27.4 Å². The van der Waals surface area contributed by atoms with Crippen molar-refractivity contribution in [1.82, 2.24) is 4.98 Å². The van der Waals surface area contributed by atoms with Gasteiger partial charge in [-0.1, -0.05) is 30.3 Å². The predicted octanol–water partition coefficient (Wildman–Crippen LogP) is 3.48. The van der Waals surface area contributed by atoms with Gasteiger partial charge in [-0.2, -0.15) is 4.99 Å². The zero-order valence-electron chi connectivity index (χ0n) is 7.92. The summed E-state index contributed by atoms with van der Waals surface area (Å²) in [4.78, 5) is 7.94. The minimum absolute atomic E-state index is 0.588. The normalized spacial score (nSPS) is 9.33. The molecule has 2 rings (SSSR count). The van der Waals surface area contributed by atoms with Crippen molar-refractivity contribution >= 4 is 23.2 Å². The van der Waals surface area contributed by atoms with Crippen molar-refractivity contribution in [3.8, 4) is 11.1 Å². The quantitative estimate of drug-likeness (QED) is 0.562. The maximum absolute atomic E-state index is 4.50. The lowest BCUT2D eigenvalue weighted by Crippen LogP contribution is -1.79. The van der Waals surface area contributed by atoms with Gasteiger partial charge in [0.25, 0.3) is 0 Å². The van der Waals surface area contributed by atoms with Crippen molar-refractivity contribution in [1.29, 1.82) is 0 Å². The highest BCUT2D eigenvalue weighted by Crippen LogP contribution is 2.19. The third kappa shape index (κ3) is 2.34. The second-order valence-corrected chi connectivity index (χ2v) is 3.16. The van der Waals surface area contributed by atoms with Crippen LogP contribution in [0.15, 0.2) is 53.7 Å². The summed E-state index contributed by atoms with van der Waals surface area (Å²) in [6, 6.07) is 13.9. The SMILES string of the molecule is S=C=Nc1ccc(-c2ccccc2)cn1. The van der Waals surface area contributed by atoms with Crippen LogP contribution >= 0.6 is 12.2 Å². The number of isothiocyanates is 1. The zero-order valence-corrected chi connectivity index (χ0v) is 8.74. The number of pyridine rings is 1. The van der Waals surface area contributed by atoms with Gasteiger partial charge in [0.2, 0.25) is 0 Å². The Balaban J connectivity index is 2.36. The number of aromatic nitrogens is 1. The number of aliphatic imine (C=N–C) groups is 1. The third-order valence-electron chi connectivity index (χ3n) is 2.02. The summed E-state index contributed by atoms with van der Waals surface area (Å²) in [5.74, 6) is 0.588. The highest BCUT2D eigenvalue weighted by atomic mass is 32.1. The first-order valence-electron chi connectivity index (χ1n) is 4.49. The number of benzene rings is 1. The highest BCUT2D eigenvalue weighted by molar-refractivity contribution is 7.78. The van der Waals surface area contributed by atoms with Crippen molar-refractivity contribution in [2.24, 2.45) is 4.99 Å². The maximum Gasteiger partial charge on any atom is 0.162 e. The van der Waals surface area contributed by atoms with Crippen molar-refractivity contribution in [2.45, 2.75) is 0 Å². The van der Waals surface area contributed by atoms with E-state index >= 15 is 0 Å². The first-order valence-corrected chi connectivity index (χ1v) is 4.90. The minimum Gasteiger partial charge on any atom is -0.236 e. The molecule has 1 aromatic heterocycles. The van der Waals surface area contributed by atoms with Crippen LogP contribution in [0.3, 0.4) is 0 Å². The van der Waals surface area contributed by atoms with E-state index in [1.165, 1.54) is 0 Å². The number of hydrogen-bond donors (Lipinski definition) is 0. The predicted molar refractivity (Wildman–Crippen MR) is 64.4 cm³/mol. The van der Waals surface area contributed by atoms with Crippen LogP contribution in [0.2, 0.25) is 0 Å². The van der Waals surface area contributed by atoms with E-state index in [-0.39, 0.29) is 0 Å². The minimum atomic E-state index is 0.588. The van der Waals surface area contributed by atoms with E-state index in [1.54, 1.807) is 6.20 Å². The van der Waals surface area contributed by atoms with E-state index in [9.17, 15) is 0 Å². The van der Waals surface area contributed by atoms with E-state index < -0.39 is 0 Å². The average molecular weight is 212 g/mol. The maximum atomic E-state index is 4.50. The molecule has 0 aliphatic rings. The Kier molecular flexibility index (Phi) is 2.98. The van der Waals surface area contributed by atoms with Gasteiger partial charge in [-0.05, 0) is 29.9 Å².